The van der Waals surface area contributed by atoms with Gasteiger partial charge < -0.3 is 16.4 Å². The van der Waals surface area contributed by atoms with Crippen LogP contribution in [0.1, 0.15) is 41.7 Å². The predicted molar refractivity (Wildman–Crippen MR) is 120 cm³/mol. The zero-order valence-corrected chi connectivity index (χ0v) is 18.7. The van der Waals surface area contributed by atoms with Crippen LogP contribution >= 0.6 is 27.3 Å². The second kappa shape index (κ2) is 11.1. The number of nitrogens with one attached hydrogen (secondary N) is 2. The lowest BCUT2D eigenvalue weighted by atomic mass is 9.81. The van der Waals surface area contributed by atoms with Crippen molar-refractivity contribution in [2.24, 2.45) is 17.6 Å². The Bertz CT molecular complexity index is 738. The van der Waals surface area contributed by atoms with Crippen molar-refractivity contribution in [3.63, 3.8) is 0 Å². The highest BCUT2D eigenvalue weighted by Crippen LogP contribution is 2.29. The highest BCUT2D eigenvalue weighted by atomic mass is 79.9. The molecule has 28 heavy (non-hydrogen) atoms. The van der Waals surface area contributed by atoms with Crippen molar-refractivity contribution in [3.05, 3.63) is 56.2 Å². The van der Waals surface area contributed by atoms with Gasteiger partial charge in [0.25, 0.3) is 0 Å². The van der Waals surface area contributed by atoms with Crippen molar-refractivity contribution < 1.29 is 4.79 Å². The zero-order valence-electron chi connectivity index (χ0n) is 16.3. The Balaban J connectivity index is 1.29. The maximum Gasteiger partial charge on any atom is 0.223 e. The largest absolute Gasteiger partial charge is 0.356 e. The van der Waals surface area contributed by atoms with Gasteiger partial charge in [-0.2, -0.15) is 0 Å². The van der Waals surface area contributed by atoms with Gasteiger partial charge in [-0.3, -0.25) is 4.79 Å². The van der Waals surface area contributed by atoms with E-state index in [0.717, 1.165) is 50.8 Å². The number of carbonyl (C=O) groups is 1. The summed E-state index contributed by atoms with van der Waals surface area (Å²) in [6, 6.07) is 12.6. The molecule has 0 saturated heterocycles. The summed E-state index contributed by atoms with van der Waals surface area (Å²) in [5, 5.41) is 6.70. The molecule has 1 aliphatic carbocycles. The van der Waals surface area contributed by atoms with Crippen LogP contribution in [0.3, 0.4) is 0 Å². The summed E-state index contributed by atoms with van der Waals surface area (Å²) in [5.41, 5.74) is 8.01. The van der Waals surface area contributed by atoms with Crippen LogP contribution in [-0.4, -0.2) is 19.0 Å². The molecule has 1 fully saturated rings. The Morgan fingerprint density at radius 2 is 1.79 bits per heavy atom. The maximum absolute atomic E-state index is 12.5. The standard InChI is InChI=1S/C22H30BrN3OS/c23-21-10-9-20(28-21)15-25-14-18-5-7-19(8-6-18)22(27)26-12-11-16-1-3-17(13-24)4-2-16/h1-4,9-10,18-19,25H,5-8,11-15,24H2,(H,26,27). The normalized spacial score (nSPS) is 19.5. The predicted octanol–water partition coefficient (Wildman–Crippen LogP) is 4.22. The minimum Gasteiger partial charge on any atom is -0.356 e. The first-order valence-corrected chi connectivity index (χ1v) is 11.8. The van der Waals surface area contributed by atoms with E-state index in [2.05, 4.69) is 63.0 Å². The second-order valence-corrected chi connectivity index (χ2v) is 10.2. The quantitative estimate of drug-likeness (QED) is 0.521. The highest BCUT2D eigenvalue weighted by molar-refractivity contribution is 9.11. The third-order valence-corrected chi connectivity index (χ3v) is 7.17. The monoisotopic (exact) mass is 463 g/mol. The van der Waals surface area contributed by atoms with Crippen molar-refractivity contribution in [1.82, 2.24) is 10.6 Å². The summed E-state index contributed by atoms with van der Waals surface area (Å²) in [4.78, 5) is 13.8. The first-order chi connectivity index (χ1) is 13.6. The number of hydrogen-bond donors (Lipinski definition) is 3. The number of halogens is 1. The molecule has 152 valence electrons. The molecule has 3 rings (SSSR count). The highest BCUT2D eigenvalue weighted by Gasteiger charge is 2.25. The average molecular weight is 464 g/mol. The fourth-order valence-electron chi connectivity index (χ4n) is 3.79. The van der Waals surface area contributed by atoms with Gasteiger partial charge in [-0.05, 0) is 83.8 Å². The summed E-state index contributed by atoms with van der Waals surface area (Å²) in [6.45, 7) is 3.26. The lowest BCUT2D eigenvalue weighted by molar-refractivity contribution is -0.126. The van der Waals surface area contributed by atoms with Crippen LogP contribution < -0.4 is 16.4 Å². The fraction of sp³-hybridized carbons (Fsp3) is 0.500. The Kier molecular flexibility index (Phi) is 8.52. The molecular weight excluding hydrogens is 434 g/mol. The van der Waals surface area contributed by atoms with E-state index in [-0.39, 0.29) is 11.8 Å². The summed E-state index contributed by atoms with van der Waals surface area (Å²) in [7, 11) is 0. The SMILES string of the molecule is NCc1ccc(CCNC(=O)C2CCC(CNCc3ccc(Br)s3)CC2)cc1. The van der Waals surface area contributed by atoms with E-state index in [1.165, 1.54) is 14.2 Å². The molecule has 0 unspecified atom stereocenters. The molecule has 0 bridgehead atoms. The Morgan fingerprint density at radius 3 is 2.43 bits per heavy atom. The van der Waals surface area contributed by atoms with Gasteiger partial charge in [-0.1, -0.05) is 24.3 Å². The van der Waals surface area contributed by atoms with E-state index >= 15 is 0 Å². The van der Waals surface area contributed by atoms with Gasteiger partial charge in [0.1, 0.15) is 0 Å². The first kappa shape index (κ1) is 21.5. The molecule has 4 nitrogen and oxygen atoms in total. The molecule has 1 saturated carbocycles. The lowest BCUT2D eigenvalue weighted by Crippen LogP contribution is -2.35. The number of amides is 1. The topological polar surface area (TPSA) is 67.1 Å². The van der Waals surface area contributed by atoms with Crippen molar-refractivity contribution >= 4 is 33.2 Å². The van der Waals surface area contributed by atoms with Gasteiger partial charge in [-0.25, -0.2) is 0 Å². The molecule has 1 aliphatic rings. The minimum absolute atomic E-state index is 0.184. The summed E-state index contributed by atoms with van der Waals surface area (Å²) in [6.07, 6.45) is 5.16. The van der Waals surface area contributed by atoms with Crippen LogP contribution in [-0.2, 0) is 24.3 Å². The van der Waals surface area contributed by atoms with Crippen molar-refractivity contribution in [3.8, 4) is 0 Å². The molecule has 2 aromatic rings. The summed E-state index contributed by atoms with van der Waals surface area (Å²) in [5.74, 6) is 1.10. The van der Waals surface area contributed by atoms with Gasteiger partial charge in [0.05, 0.1) is 3.79 Å². The van der Waals surface area contributed by atoms with E-state index in [9.17, 15) is 4.79 Å². The van der Waals surface area contributed by atoms with E-state index in [4.69, 9.17) is 5.73 Å². The number of thiophene rings is 1. The Hall–Kier alpha value is -1.21. The number of benzene rings is 1. The molecule has 0 radical (unpaired) electrons. The maximum atomic E-state index is 12.5. The van der Waals surface area contributed by atoms with Crippen LogP contribution in [0.15, 0.2) is 40.2 Å². The van der Waals surface area contributed by atoms with Gasteiger partial charge >= 0.3 is 0 Å². The number of carbonyl (C=O) groups excluding carboxylic acids is 1. The van der Waals surface area contributed by atoms with Crippen molar-refractivity contribution in [2.75, 3.05) is 13.1 Å². The van der Waals surface area contributed by atoms with E-state index in [0.29, 0.717) is 19.0 Å². The summed E-state index contributed by atoms with van der Waals surface area (Å²) >= 11 is 5.29. The Morgan fingerprint density at radius 1 is 1.07 bits per heavy atom. The van der Waals surface area contributed by atoms with Gasteiger partial charge in [-0.15, -0.1) is 11.3 Å². The van der Waals surface area contributed by atoms with Crippen molar-refractivity contribution in [2.45, 2.75) is 45.2 Å². The average Bonchev–Trinajstić information content (AvgIpc) is 3.14. The third-order valence-electron chi connectivity index (χ3n) is 5.55. The van der Waals surface area contributed by atoms with Crippen LogP contribution in [0.4, 0.5) is 0 Å². The van der Waals surface area contributed by atoms with Crippen molar-refractivity contribution in [1.29, 1.82) is 0 Å². The molecule has 1 aromatic heterocycles. The molecule has 0 spiro atoms. The molecule has 1 aromatic carbocycles. The van der Waals surface area contributed by atoms with E-state index < -0.39 is 0 Å². The Labute approximate surface area is 180 Å². The molecule has 6 heteroatoms. The molecule has 1 heterocycles. The second-order valence-electron chi connectivity index (χ2n) is 7.62. The third kappa shape index (κ3) is 6.69. The van der Waals surface area contributed by atoms with Gasteiger partial charge in [0.15, 0.2) is 0 Å². The zero-order chi connectivity index (χ0) is 19.8. The van der Waals surface area contributed by atoms with E-state index in [1.807, 2.05) is 0 Å². The van der Waals surface area contributed by atoms with Gasteiger partial charge in [0.2, 0.25) is 5.91 Å². The molecule has 1 amide bonds. The number of rotatable bonds is 9. The summed E-state index contributed by atoms with van der Waals surface area (Å²) < 4.78 is 1.18. The van der Waals surface area contributed by atoms with Gasteiger partial charge in [0, 0.05) is 30.4 Å². The van der Waals surface area contributed by atoms with Crippen LogP contribution in [0.25, 0.3) is 0 Å². The molecular formula is C22H30BrN3OS. The molecule has 0 atom stereocenters. The fourth-order valence-corrected chi connectivity index (χ4v) is 5.24. The smallest absolute Gasteiger partial charge is 0.223 e. The van der Waals surface area contributed by atoms with Crippen LogP contribution in [0.5, 0.6) is 0 Å². The molecule has 0 aliphatic heterocycles. The van der Waals surface area contributed by atoms with Crippen LogP contribution in [0.2, 0.25) is 0 Å². The first-order valence-electron chi connectivity index (χ1n) is 10.1. The number of hydrogen-bond acceptors (Lipinski definition) is 4. The minimum atomic E-state index is 0.184. The molecule has 4 N–H and O–H groups in total. The number of nitrogens with two attached hydrogens (primary N) is 1. The van der Waals surface area contributed by atoms with E-state index in [1.54, 1.807) is 11.3 Å². The lowest BCUT2D eigenvalue weighted by Gasteiger charge is -2.28. The van der Waals surface area contributed by atoms with Crippen LogP contribution in [0, 0.1) is 11.8 Å².